The minimum atomic E-state index is -0.0565. The Hall–Kier alpha value is -2.36. The average molecular weight is 471 g/mol. The zero-order valence-corrected chi connectivity index (χ0v) is 20.3. The highest BCUT2D eigenvalue weighted by Gasteiger charge is 2.30. The summed E-state index contributed by atoms with van der Waals surface area (Å²) in [7, 11) is 1.63. The predicted octanol–water partition coefficient (Wildman–Crippen LogP) is 4.70. The lowest BCUT2D eigenvalue weighted by Crippen LogP contribution is -2.28. The minimum absolute atomic E-state index is 0.0565. The molecule has 0 amide bonds. The lowest BCUT2D eigenvalue weighted by Gasteiger charge is -2.26. The fraction of sp³-hybridized carbons (Fsp3) is 0.435. The van der Waals surface area contributed by atoms with E-state index in [1.807, 2.05) is 24.3 Å². The minimum Gasteiger partial charge on any atom is -0.497 e. The predicted molar refractivity (Wildman–Crippen MR) is 129 cm³/mol. The van der Waals surface area contributed by atoms with E-state index in [4.69, 9.17) is 9.47 Å². The first kappa shape index (κ1) is 21.5. The number of rotatable bonds is 6. The Labute approximate surface area is 194 Å². The standard InChI is InChI=1S/C23H26N4O3S2/c1-5-10-31-23-25-24-22-26(14-6-8-15(29-4)9-7-14)20(28)19-16-11-17(13(2)3)30-12-18(16)32-21(19)27(22)23/h6-9,13,17H,5,10-12H2,1-4H3/t17-/m0/s1. The van der Waals surface area contributed by atoms with Gasteiger partial charge in [-0.3, -0.25) is 4.79 Å². The second-order valence-corrected chi connectivity index (χ2v) is 10.4. The lowest BCUT2D eigenvalue weighted by molar-refractivity contribution is 0.00200. The van der Waals surface area contributed by atoms with Gasteiger partial charge in [-0.1, -0.05) is 32.5 Å². The van der Waals surface area contributed by atoms with E-state index < -0.39 is 0 Å². The van der Waals surface area contributed by atoms with E-state index in [9.17, 15) is 4.79 Å². The third kappa shape index (κ3) is 3.43. The van der Waals surface area contributed by atoms with Crippen molar-refractivity contribution in [3.63, 3.8) is 0 Å². The van der Waals surface area contributed by atoms with Crippen molar-refractivity contribution in [3.05, 3.63) is 45.1 Å². The van der Waals surface area contributed by atoms with Gasteiger partial charge in [-0.2, -0.15) is 0 Å². The van der Waals surface area contributed by atoms with Crippen molar-refractivity contribution in [2.45, 2.75) is 51.5 Å². The second-order valence-electron chi connectivity index (χ2n) is 8.29. The highest BCUT2D eigenvalue weighted by molar-refractivity contribution is 7.99. The molecule has 1 aliphatic rings. The van der Waals surface area contributed by atoms with Crippen LogP contribution in [0.2, 0.25) is 0 Å². The summed E-state index contributed by atoms with van der Waals surface area (Å²) in [4.78, 5) is 16.0. The molecule has 5 rings (SSSR count). The second kappa shape index (κ2) is 8.53. The van der Waals surface area contributed by atoms with Crippen molar-refractivity contribution in [1.82, 2.24) is 19.2 Å². The van der Waals surface area contributed by atoms with E-state index in [1.165, 1.54) is 0 Å². The Morgan fingerprint density at radius 3 is 2.75 bits per heavy atom. The molecular weight excluding hydrogens is 444 g/mol. The molecule has 0 N–H and O–H groups in total. The molecule has 1 aromatic carbocycles. The van der Waals surface area contributed by atoms with E-state index in [1.54, 1.807) is 34.8 Å². The van der Waals surface area contributed by atoms with Gasteiger partial charge in [0, 0.05) is 17.1 Å². The molecule has 0 bridgehead atoms. The van der Waals surface area contributed by atoms with Crippen molar-refractivity contribution in [2.75, 3.05) is 12.9 Å². The summed E-state index contributed by atoms with van der Waals surface area (Å²) >= 11 is 3.30. The van der Waals surface area contributed by atoms with Gasteiger partial charge in [0.25, 0.3) is 5.56 Å². The van der Waals surface area contributed by atoms with Crippen LogP contribution in [0.5, 0.6) is 5.75 Å². The molecule has 0 saturated carbocycles. The van der Waals surface area contributed by atoms with Crippen LogP contribution in [-0.2, 0) is 17.8 Å². The Bertz CT molecular complexity index is 1340. The molecular formula is C23H26N4O3S2. The molecule has 1 atom stereocenters. The summed E-state index contributed by atoms with van der Waals surface area (Å²) in [5, 5.41) is 10.5. The van der Waals surface area contributed by atoms with Crippen LogP contribution in [0.3, 0.4) is 0 Å². The van der Waals surface area contributed by atoms with Crippen molar-refractivity contribution in [1.29, 1.82) is 0 Å². The van der Waals surface area contributed by atoms with E-state index in [-0.39, 0.29) is 11.7 Å². The maximum absolute atomic E-state index is 13.9. The quantitative estimate of drug-likeness (QED) is 0.380. The number of fused-ring (bicyclic) bond motifs is 5. The maximum atomic E-state index is 13.9. The average Bonchev–Trinajstić information content (AvgIpc) is 3.39. The van der Waals surface area contributed by atoms with E-state index in [0.717, 1.165) is 55.8 Å². The summed E-state index contributed by atoms with van der Waals surface area (Å²) in [6, 6.07) is 7.49. The van der Waals surface area contributed by atoms with Gasteiger partial charge in [-0.05, 0) is 42.2 Å². The Morgan fingerprint density at radius 2 is 2.06 bits per heavy atom. The molecule has 0 spiro atoms. The van der Waals surface area contributed by atoms with E-state index in [2.05, 4.69) is 35.4 Å². The molecule has 0 aliphatic carbocycles. The normalized spacial score (nSPS) is 16.2. The lowest BCUT2D eigenvalue weighted by atomic mass is 9.96. The molecule has 0 unspecified atom stereocenters. The molecule has 0 fully saturated rings. The van der Waals surface area contributed by atoms with Crippen molar-refractivity contribution >= 4 is 39.1 Å². The molecule has 7 nitrogen and oxygen atoms in total. The fourth-order valence-electron chi connectivity index (χ4n) is 4.12. The van der Waals surface area contributed by atoms with Crippen LogP contribution in [-0.4, -0.2) is 38.1 Å². The fourth-order valence-corrected chi connectivity index (χ4v) is 6.20. The monoisotopic (exact) mass is 470 g/mol. The van der Waals surface area contributed by atoms with Crippen molar-refractivity contribution < 1.29 is 9.47 Å². The number of nitrogens with zero attached hydrogens (tertiary/aromatic N) is 4. The number of thiophene rings is 1. The van der Waals surface area contributed by atoms with Gasteiger partial charge in [0.05, 0.1) is 30.9 Å². The largest absolute Gasteiger partial charge is 0.497 e. The number of hydrogen-bond acceptors (Lipinski definition) is 7. The zero-order chi connectivity index (χ0) is 22.4. The number of aromatic nitrogens is 4. The summed E-state index contributed by atoms with van der Waals surface area (Å²) in [5.41, 5.74) is 1.80. The summed E-state index contributed by atoms with van der Waals surface area (Å²) < 4.78 is 15.1. The third-order valence-electron chi connectivity index (χ3n) is 5.85. The first-order valence-corrected chi connectivity index (χ1v) is 12.7. The smallest absolute Gasteiger partial charge is 0.268 e. The van der Waals surface area contributed by atoms with Gasteiger partial charge < -0.3 is 9.47 Å². The summed E-state index contributed by atoms with van der Waals surface area (Å²) in [6.07, 6.45) is 1.89. The van der Waals surface area contributed by atoms with Crippen LogP contribution in [0.15, 0.2) is 34.2 Å². The molecule has 4 heterocycles. The van der Waals surface area contributed by atoms with Crippen LogP contribution in [0.25, 0.3) is 21.7 Å². The van der Waals surface area contributed by atoms with Gasteiger partial charge >= 0.3 is 0 Å². The molecule has 3 aromatic heterocycles. The Balaban J connectivity index is 1.82. The number of ether oxygens (including phenoxy) is 2. The molecule has 0 radical (unpaired) electrons. The van der Waals surface area contributed by atoms with E-state index >= 15 is 0 Å². The highest BCUT2D eigenvalue weighted by Crippen LogP contribution is 2.37. The van der Waals surface area contributed by atoms with Crippen LogP contribution >= 0.6 is 23.1 Å². The molecule has 9 heteroatoms. The third-order valence-corrected chi connectivity index (χ3v) is 8.18. The SMILES string of the molecule is CCCSc1nnc2n(-c3ccc(OC)cc3)c(=O)c3c4c(sc3n12)CO[C@H](C(C)C)C4. The molecule has 168 valence electrons. The van der Waals surface area contributed by atoms with Gasteiger partial charge in [0.1, 0.15) is 10.6 Å². The molecule has 1 aliphatic heterocycles. The van der Waals surface area contributed by atoms with Crippen LogP contribution in [0.4, 0.5) is 0 Å². The van der Waals surface area contributed by atoms with Gasteiger partial charge in [-0.25, -0.2) is 8.97 Å². The van der Waals surface area contributed by atoms with Crippen LogP contribution < -0.4 is 10.3 Å². The highest BCUT2D eigenvalue weighted by atomic mass is 32.2. The summed E-state index contributed by atoms with van der Waals surface area (Å²) in [5.74, 6) is 2.60. The van der Waals surface area contributed by atoms with Crippen LogP contribution in [0.1, 0.15) is 37.6 Å². The van der Waals surface area contributed by atoms with Crippen molar-refractivity contribution in [2.24, 2.45) is 5.92 Å². The number of thioether (sulfide) groups is 1. The van der Waals surface area contributed by atoms with Gasteiger partial charge in [0.2, 0.25) is 5.78 Å². The maximum Gasteiger partial charge on any atom is 0.268 e. The van der Waals surface area contributed by atoms with Gasteiger partial charge in [-0.15, -0.1) is 21.5 Å². The molecule has 0 saturated heterocycles. The van der Waals surface area contributed by atoms with Crippen molar-refractivity contribution in [3.8, 4) is 11.4 Å². The summed E-state index contributed by atoms with van der Waals surface area (Å²) in [6.45, 7) is 7.02. The Kier molecular flexibility index (Phi) is 5.73. The topological polar surface area (TPSA) is 70.7 Å². The molecule has 32 heavy (non-hydrogen) atoms. The van der Waals surface area contributed by atoms with E-state index in [0.29, 0.717) is 18.3 Å². The molecule has 4 aromatic rings. The first-order chi connectivity index (χ1) is 15.5. The Morgan fingerprint density at radius 1 is 1.28 bits per heavy atom. The van der Waals surface area contributed by atoms with Crippen LogP contribution in [0, 0.1) is 5.92 Å². The van der Waals surface area contributed by atoms with Gasteiger partial charge in [0.15, 0.2) is 5.16 Å². The number of hydrogen-bond donors (Lipinski definition) is 0. The number of methoxy groups -OCH3 is 1. The first-order valence-electron chi connectivity index (χ1n) is 10.9. The zero-order valence-electron chi connectivity index (χ0n) is 18.6. The number of benzene rings is 1.